The molecule has 0 spiro atoms. The van der Waals surface area contributed by atoms with Crippen molar-refractivity contribution in [3.8, 4) is 11.4 Å². The molecule has 0 saturated heterocycles. The standard InChI is InChI=1S/C20H20N4O2S2/c1-11-4-9-14-15(10-11)28-18-16(14)17(25)23(12-5-7-13(26-2)8-6-12)19-21-22-20(27-3)24(18)19/h5-8,11H,4,9-10H2,1-3H3. The third-order valence-electron chi connectivity index (χ3n) is 5.44. The predicted molar refractivity (Wildman–Crippen MR) is 113 cm³/mol. The molecule has 8 heteroatoms. The summed E-state index contributed by atoms with van der Waals surface area (Å²) in [5, 5.41) is 10.3. The summed E-state index contributed by atoms with van der Waals surface area (Å²) in [6.45, 7) is 2.28. The molecule has 0 aliphatic heterocycles. The minimum Gasteiger partial charge on any atom is -0.497 e. The number of benzene rings is 1. The smallest absolute Gasteiger partial charge is 0.268 e. The number of hydrogen-bond donors (Lipinski definition) is 0. The van der Waals surface area contributed by atoms with Crippen LogP contribution in [0.1, 0.15) is 23.8 Å². The van der Waals surface area contributed by atoms with Crippen LogP contribution in [0.15, 0.2) is 34.2 Å². The van der Waals surface area contributed by atoms with Crippen LogP contribution in [0, 0.1) is 5.92 Å². The van der Waals surface area contributed by atoms with E-state index in [1.807, 2.05) is 34.9 Å². The molecule has 0 saturated carbocycles. The number of methoxy groups -OCH3 is 1. The van der Waals surface area contributed by atoms with Crippen molar-refractivity contribution < 1.29 is 4.74 Å². The first kappa shape index (κ1) is 17.8. The van der Waals surface area contributed by atoms with Crippen LogP contribution in [-0.2, 0) is 12.8 Å². The first-order valence-corrected chi connectivity index (χ1v) is 11.3. The van der Waals surface area contributed by atoms with Crippen molar-refractivity contribution in [2.24, 2.45) is 5.92 Å². The second-order valence-corrected chi connectivity index (χ2v) is 9.05. The molecule has 3 aromatic heterocycles. The van der Waals surface area contributed by atoms with E-state index >= 15 is 0 Å². The summed E-state index contributed by atoms with van der Waals surface area (Å²) < 4.78 is 8.99. The molecule has 1 aromatic carbocycles. The molecule has 0 amide bonds. The molecule has 0 fully saturated rings. The number of thioether (sulfide) groups is 1. The van der Waals surface area contributed by atoms with E-state index in [1.165, 1.54) is 10.4 Å². The Morgan fingerprint density at radius 3 is 2.75 bits per heavy atom. The topological polar surface area (TPSA) is 61.4 Å². The summed E-state index contributed by atoms with van der Waals surface area (Å²) >= 11 is 3.27. The van der Waals surface area contributed by atoms with E-state index in [4.69, 9.17) is 4.74 Å². The minimum atomic E-state index is -0.0141. The molecule has 28 heavy (non-hydrogen) atoms. The first-order chi connectivity index (χ1) is 13.6. The maximum absolute atomic E-state index is 13.7. The summed E-state index contributed by atoms with van der Waals surface area (Å²) in [5.41, 5.74) is 1.97. The van der Waals surface area contributed by atoms with Gasteiger partial charge in [-0.15, -0.1) is 21.5 Å². The Balaban J connectivity index is 1.90. The predicted octanol–water partition coefficient (Wildman–Crippen LogP) is 3.95. The molecule has 1 aliphatic carbocycles. The van der Waals surface area contributed by atoms with Crippen LogP contribution in [0.4, 0.5) is 0 Å². The molecule has 1 atom stereocenters. The quantitative estimate of drug-likeness (QED) is 0.477. The van der Waals surface area contributed by atoms with E-state index in [1.54, 1.807) is 34.8 Å². The van der Waals surface area contributed by atoms with Crippen LogP contribution in [0.5, 0.6) is 5.75 Å². The normalized spacial score (nSPS) is 16.6. The molecule has 0 N–H and O–H groups in total. The van der Waals surface area contributed by atoms with Crippen molar-refractivity contribution in [2.75, 3.05) is 13.4 Å². The lowest BCUT2D eigenvalue weighted by Gasteiger charge is -2.17. The molecule has 5 rings (SSSR count). The van der Waals surface area contributed by atoms with Gasteiger partial charge in [0.1, 0.15) is 10.6 Å². The fraction of sp³-hybridized carbons (Fsp3) is 0.350. The zero-order valence-corrected chi connectivity index (χ0v) is 17.6. The summed E-state index contributed by atoms with van der Waals surface area (Å²) in [7, 11) is 1.63. The Morgan fingerprint density at radius 1 is 1.25 bits per heavy atom. The fourth-order valence-corrected chi connectivity index (χ4v) is 6.03. The molecule has 4 aromatic rings. The minimum absolute atomic E-state index is 0.0141. The average molecular weight is 413 g/mol. The zero-order valence-electron chi connectivity index (χ0n) is 15.9. The number of aromatic nitrogens is 4. The van der Waals surface area contributed by atoms with Gasteiger partial charge in [-0.3, -0.25) is 4.79 Å². The molecule has 144 valence electrons. The fourth-order valence-electron chi connectivity index (χ4n) is 4.00. The van der Waals surface area contributed by atoms with Crippen molar-refractivity contribution >= 4 is 39.1 Å². The average Bonchev–Trinajstić information content (AvgIpc) is 3.29. The zero-order chi connectivity index (χ0) is 19.4. The monoisotopic (exact) mass is 412 g/mol. The van der Waals surface area contributed by atoms with Crippen LogP contribution < -0.4 is 10.3 Å². The second kappa shape index (κ2) is 6.63. The molecular formula is C20H20N4O2S2. The number of rotatable bonds is 3. The number of hydrogen-bond acceptors (Lipinski definition) is 6. The Bertz CT molecular complexity index is 1250. The van der Waals surface area contributed by atoms with Crippen LogP contribution in [0.3, 0.4) is 0 Å². The lowest BCUT2D eigenvalue weighted by atomic mass is 9.89. The van der Waals surface area contributed by atoms with Gasteiger partial charge >= 0.3 is 0 Å². The van der Waals surface area contributed by atoms with Crippen molar-refractivity contribution in [3.63, 3.8) is 0 Å². The van der Waals surface area contributed by atoms with Crippen LogP contribution >= 0.6 is 23.1 Å². The molecule has 1 aliphatic rings. The maximum atomic E-state index is 13.7. The van der Waals surface area contributed by atoms with Crippen LogP contribution in [-0.4, -0.2) is 32.5 Å². The third kappa shape index (κ3) is 2.51. The third-order valence-corrected chi connectivity index (χ3v) is 7.31. The number of nitrogens with zero attached hydrogens (tertiary/aromatic N) is 4. The Kier molecular flexibility index (Phi) is 4.21. The van der Waals surface area contributed by atoms with Crippen LogP contribution in [0.2, 0.25) is 0 Å². The number of thiophene rings is 1. The van der Waals surface area contributed by atoms with E-state index in [2.05, 4.69) is 17.1 Å². The Morgan fingerprint density at radius 2 is 2.04 bits per heavy atom. The van der Waals surface area contributed by atoms with Gasteiger partial charge < -0.3 is 4.74 Å². The second-order valence-electron chi connectivity index (χ2n) is 7.19. The van der Waals surface area contributed by atoms with Crippen LogP contribution in [0.25, 0.3) is 21.7 Å². The largest absolute Gasteiger partial charge is 0.497 e. The highest BCUT2D eigenvalue weighted by molar-refractivity contribution is 7.98. The van der Waals surface area contributed by atoms with E-state index in [9.17, 15) is 4.79 Å². The number of ether oxygens (including phenoxy) is 1. The van der Waals surface area contributed by atoms with Gasteiger partial charge in [-0.1, -0.05) is 18.7 Å². The molecule has 0 bridgehead atoms. The summed E-state index contributed by atoms with van der Waals surface area (Å²) in [5.74, 6) is 1.96. The Hall–Kier alpha value is -2.32. The molecule has 3 heterocycles. The molecule has 0 radical (unpaired) electrons. The van der Waals surface area contributed by atoms with E-state index < -0.39 is 0 Å². The van der Waals surface area contributed by atoms with Crippen molar-refractivity contribution in [1.82, 2.24) is 19.2 Å². The van der Waals surface area contributed by atoms with Gasteiger partial charge in [0.15, 0.2) is 5.16 Å². The van der Waals surface area contributed by atoms with Gasteiger partial charge in [-0.25, -0.2) is 8.97 Å². The van der Waals surface area contributed by atoms with Gasteiger partial charge in [-0.2, -0.15) is 0 Å². The van der Waals surface area contributed by atoms with Crippen molar-refractivity contribution in [1.29, 1.82) is 0 Å². The van der Waals surface area contributed by atoms with Gasteiger partial charge in [-0.05, 0) is 61.3 Å². The highest BCUT2D eigenvalue weighted by atomic mass is 32.2. The summed E-state index contributed by atoms with van der Waals surface area (Å²) in [6.07, 6.45) is 5.10. The van der Waals surface area contributed by atoms with Gasteiger partial charge in [0.25, 0.3) is 5.56 Å². The SMILES string of the molecule is COc1ccc(-n2c(=O)c3c4c(sc3n3c(SC)nnc23)CC(C)CC4)cc1. The highest BCUT2D eigenvalue weighted by Crippen LogP contribution is 2.38. The van der Waals surface area contributed by atoms with Crippen molar-refractivity contribution in [2.45, 2.75) is 31.3 Å². The lowest BCUT2D eigenvalue weighted by molar-refractivity contribution is 0.414. The van der Waals surface area contributed by atoms with E-state index in [0.29, 0.717) is 11.7 Å². The van der Waals surface area contributed by atoms with Gasteiger partial charge in [0.2, 0.25) is 5.78 Å². The highest BCUT2D eigenvalue weighted by Gasteiger charge is 2.27. The van der Waals surface area contributed by atoms with Gasteiger partial charge in [0.05, 0.1) is 18.2 Å². The van der Waals surface area contributed by atoms with E-state index in [0.717, 1.165) is 46.1 Å². The number of aryl methyl sites for hydroxylation is 1. The molecular weight excluding hydrogens is 392 g/mol. The Labute approximate surface area is 170 Å². The molecule has 6 nitrogen and oxygen atoms in total. The molecule has 1 unspecified atom stereocenters. The van der Waals surface area contributed by atoms with Gasteiger partial charge in [0, 0.05) is 4.88 Å². The lowest BCUT2D eigenvalue weighted by Crippen LogP contribution is -2.22. The summed E-state index contributed by atoms with van der Waals surface area (Å²) in [6, 6.07) is 7.50. The van der Waals surface area contributed by atoms with Crippen molar-refractivity contribution in [3.05, 3.63) is 45.1 Å². The van der Waals surface area contributed by atoms with E-state index in [-0.39, 0.29) is 5.56 Å². The summed E-state index contributed by atoms with van der Waals surface area (Å²) in [4.78, 5) is 16.0. The first-order valence-electron chi connectivity index (χ1n) is 9.25. The number of fused-ring (bicyclic) bond motifs is 5. The maximum Gasteiger partial charge on any atom is 0.268 e.